The highest BCUT2D eigenvalue weighted by atomic mass is 16.4. The van der Waals surface area contributed by atoms with E-state index in [0.29, 0.717) is 0 Å². The Kier molecular flexibility index (Phi) is 9.56. The van der Waals surface area contributed by atoms with Gasteiger partial charge in [0, 0.05) is 6.04 Å². The molecule has 0 radical (unpaired) electrons. The SMILES string of the molecule is O=C(O)NC1CCCCCCCCCCCCCC1. The Morgan fingerprint density at radius 1 is 0.684 bits per heavy atom. The van der Waals surface area contributed by atoms with Gasteiger partial charge in [-0.1, -0.05) is 77.0 Å². The average Bonchev–Trinajstić information content (AvgIpc) is 2.38. The highest BCUT2D eigenvalue weighted by Crippen LogP contribution is 2.16. The quantitative estimate of drug-likeness (QED) is 0.696. The van der Waals surface area contributed by atoms with Gasteiger partial charge in [-0.2, -0.15) is 0 Å². The van der Waals surface area contributed by atoms with Gasteiger partial charge in [-0.3, -0.25) is 0 Å². The van der Waals surface area contributed by atoms with Crippen LogP contribution in [0.5, 0.6) is 0 Å². The summed E-state index contributed by atoms with van der Waals surface area (Å²) in [4.78, 5) is 10.8. The molecule has 3 nitrogen and oxygen atoms in total. The molecule has 1 aliphatic rings. The summed E-state index contributed by atoms with van der Waals surface area (Å²) >= 11 is 0. The van der Waals surface area contributed by atoms with Crippen LogP contribution in [0.15, 0.2) is 0 Å². The molecule has 112 valence electrons. The predicted molar refractivity (Wildman–Crippen MR) is 79.6 cm³/mol. The Balaban J connectivity index is 2.27. The number of hydrogen-bond donors (Lipinski definition) is 2. The van der Waals surface area contributed by atoms with Crippen LogP contribution in [0.4, 0.5) is 4.79 Å². The lowest BCUT2D eigenvalue weighted by Crippen LogP contribution is -2.33. The fraction of sp³-hybridized carbons (Fsp3) is 0.938. The summed E-state index contributed by atoms with van der Waals surface area (Å²) in [5.74, 6) is 0. The first kappa shape index (κ1) is 16.3. The lowest BCUT2D eigenvalue weighted by atomic mass is 10.0. The van der Waals surface area contributed by atoms with Gasteiger partial charge in [-0.15, -0.1) is 0 Å². The van der Waals surface area contributed by atoms with Crippen molar-refractivity contribution in [1.29, 1.82) is 0 Å². The molecule has 0 saturated heterocycles. The third-order valence-corrected chi connectivity index (χ3v) is 4.18. The van der Waals surface area contributed by atoms with Crippen LogP contribution in [0.25, 0.3) is 0 Å². The van der Waals surface area contributed by atoms with E-state index in [9.17, 15) is 4.79 Å². The smallest absolute Gasteiger partial charge is 0.404 e. The first-order valence-electron chi connectivity index (χ1n) is 8.28. The Hall–Kier alpha value is -0.730. The third kappa shape index (κ3) is 9.80. The minimum absolute atomic E-state index is 0.183. The minimum Gasteiger partial charge on any atom is -0.465 e. The maximum atomic E-state index is 10.8. The van der Waals surface area contributed by atoms with Crippen LogP contribution in [0, 0.1) is 0 Å². The van der Waals surface area contributed by atoms with E-state index >= 15 is 0 Å². The van der Waals surface area contributed by atoms with Crippen molar-refractivity contribution < 1.29 is 9.90 Å². The Morgan fingerprint density at radius 2 is 1.00 bits per heavy atom. The van der Waals surface area contributed by atoms with Crippen molar-refractivity contribution in [3.05, 3.63) is 0 Å². The molecule has 0 aliphatic heterocycles. The summed E-state index contributed by atoms with van der Waals surface area (Å²) in [6, 6.07) is 0.183. The minimum atomic E-state index is -0.858. The molecule has 0 aromatic heterocycles. The number of hydrogen-bond acceptors (Lipinski definition) is 1. The first-order valence-corrected chi connectivity index (χ1v) is 8.28. The van der Waals surface area contributed by atoms with Gasteiger partial charge < -0.3 is 10.4 Å². The van der Waals surface area contributed by atoms with Gasteiger partial charge in [0.2, 0.25) is 0 Å². The topological polar surface area (TPSA) is 49.3 Å². The largest absolute Gasteiger partial charge is 0.465 e. The number of rotatable bonds is 1. The molecular weight excluding hydrogens is 238 g/mol. The summed E-state index contributed by atoms with van der Waals surface area (Å²) in [7, 11) is 0. The highest BCUT2D eigenvalue weighted by Gasteiger charge is 2.10. The second-order valence-corrected chi connectivity index (χ2v) is 5.97. The Morgan fingerprint density at radius 3 is 1.32 bits per heavy atom. The zero-order chi connectivity index (χ0) is 13.8. The van der Waals surface area contributed by atoms with Gasteiger partial charge in [0.1, 0.15) is 0 Å². The molecule has 1 saturated carbocycles. The molecule has 1 amide bonds. The van der Waals surface area contributed by atoms with Crippen molar-refractivity contribution in [3.63, 3.8) is 0 Å². The van der Waals surface area contributed by atoms with E-state index < -0.39 is 6.09 Å². The predicted octanol–water partition coefficient (Wildman–Crippen LogP) is 5.10. The molecule has 1 rings (SSSR count). The summed E-state index contributed by atoms with van der Waals surface area (Å²) in [5.41, 5.74) is 0. The van der Waals surface area contributed by atoms with Crippen LogP contribution in [-0.4, -0.2) is 17.2 Å². The van der Waals surface area contributed by atoms with Gasteiger partial charge in [0.25, 0.3) is 0 Å². The molecule has 19 heavy (non-hydrogen) atoms. The summed E-state index contributed by atoms with van der Waals surface area (Å²) in [6.45, 7) is 0. The van der Waals surface area contributed by atoms with Crippen molar-refractivity contribution in [2.24, 2.45) is 0 Å². The number of carbonyl (C=O) groups is 1. The lowest BCUT2D eigenvalue weighted by molar-refractivity contribution is 0.187. The monoisotopic (exact) mass is 269 g/mol. The molecular formula is C16H31NO2. The van der Waals surface area contributed by atoms with Crippen LogP contribution < -0.4 is 5.32 Å². The van der Waals surface area contributed by atoms with Gasteiger partial charge >= 0.3 is 6.09 Å². The number of carboxylic acid groups (broad SMARTS) is 1. The van der Waals surface area contributed by atoms with Crippen LogP contribution >= 0.6 is 0 Å². The Bertz CT molecular complexity index is 215. The van der Waals surface area contributed by atoms with Crippen LogP contribution in [0.2, 0.25) is 0 Å². The van der Waals surface area contributed by atoms with Crippen LogP contribution in [-0.2, 0) is 0 Å². The molecule has 0 aromatic rings. The molecule has 2 N–H and O–H groups in total. The molecule has 1 fully saturated rings. The van der Waals surface area contributed by atoms with Gasteiger partial charge in [-0.25, -0.2) is 4.79 Å². The van der Waals surface area contributed by atoms with E-state index in [4.69, 9.17) is 5.11 Å². The zero-order valence-corrected chi connectivity index (χ0v) is 12.3. The van der Waals surface area contributed by atoms with E-state index in [0.717, 1.165) is 12.8 Å². The van der Waals surface area contributed by atoms with E-state index in [2.05, 4.69) is 5.32 Å². The van der Waals surface area contributed by atoms with E-state index in [1.807, 2.05) is 0 Å². The van der Waals surface area contributed by atoms with Crippen molar-refractivity contribution in [1.82, 2.24) is 5.32 Å². The molecule has 3 heteroatoms. The maximum Gasteiger partial charge on any atom is 0.404 e. The fourth-order valence-corrected chi connectivity index (χ4v) is 3.01. The normalized spacial score (nSPS) is 22.1. The van der Waals surface area contributed by atoms with Crippen molar-refractivity contribution in [3.8, 4) is 0 Å². The molecule has 0 bridgehead atoms. The van der Waals surface area contributed by atoms with Crippen molar-refractivity contribution in [2.45, 2.75) is 95.9 Å². The molecule has 0 spiro atoms. The van der Waals surface area contributed by atoms with Gasteiger partial charge in [-0.05, 0) is 12.8 Å². The molecule has 0 aromatic carbocycles. The maximum absolute atomic E-state index is 10.8. The van der Waals surface area contributed by atoms with E-state index in [-0.39, 0.29) is 6.04 Å². The summed E-state index contributed by atoms with van der Waals surface area (Å²) < 4.78 is 0. The first-order chi connectivity index (χ1) is 9.29. The zero-order valence-electron chi connectivity index (χ0n) is 12.3. The summed E-state index contributed by atoms with van der Waals surface area (Å²) in [5, 5.41) is 11.6. The second kappa shape index (κ2) is 11.1. The average molecular weight is 269 g/mol. The molecule has 0 heterocycles. The van der Waals surface area contributed by atoms with Crippen LogP contribution in [0.1, 0.15) is 89.9 Å². The lowest BCUT2D eigenvalue weighted by Gasteiger charge is -2.16. The van der Waals surface area contributed by atoms with Crippen LogP contribution in [0.3, 0.4) is 0 Å². The second-order valence-electron chi connectivity index (χ2n) is 5.97. The molecule has 1 aliphatic carbocycles. The highest BCUT2D eigenvalue weighted by molar-refractivity contribution is 5.64. The third-order valence-electron chi connectivity index (χ3n) is 4.18. The van der Waals surface area contributed by atoms with E-state index in [1.54, 1.807) is 0 Å². The van der Waals surface area contributed by atoms with E-state index in [1.165, 1.54) is 77.0 Å². The van der Waals surface area contributed by atoms with Crippen molar-refractivity contribution >= 4 is 6.09 Å². The van der Waals surface area contributed by atoms with Crippen molar-refractivity contribution in [2.75, 3.05) is 0 Å². The number of amides is 1. The fourth-order valence-electron chi connectivity index (χ4n) is 3.01. The standard InChI is InChI=1S/C16H31NO2/c18-16(19)17-15-13-11-9-7-5-3-1-2-4-6-8-10-12-14-15/h15,17H,1-14H2,(H,18,19). The number of nitrogens with one attached hydrogen (secondary N) is 1. The van der Waals surface area contributed by atoms with Gasteiger partial charge in [0.05, 0.1) is 0 Å². The van der Waals surface area contributed by atoms with Gasteiger partial charge in [0.15, 0.2) is 0 Å². The molecule has 0 unspecified atom stereocenters. The molecule has 0 atom stereocenters. The summed E-state index contributed by atoms with van der Waals surface area (Å²) in [6.07, 6.45) is 17.0. The Labute approximate surface area is 118 Å².